The lowest BCUT2D eigenvalue weighted by molar-refractivity contribution is -0.386. The van der Waals surface area contributed by atoms with Crippen LogP contribution >= 0.6 is 10.7 Å². The number of nitro groups is 1. The van der Waals surface area contributed by atoms with E-state index in [2.05, 4.69) is 4.98 Å². The average molecular weight is 273 g/mol. The van der Waals surface area contributed by atoms with E-state index >= 15 is 0 Å². The maximum Gasteiger partial charge on any atom is 0.298 e. The number of benzene rings is 1. The van der Waals surface area contributed by atoms with Gasteiger partial charge in [0.1, 0.15) is 0 Å². The smallest absolute Gasteiger partial charge is 0.258 e. The Morgan fingerprint density at radius 2 is 2.00 bits per heavy atom. The van der Waals surface area contributed by atoms with E-state index in [1.807, 2.05) is 0 Å². The lowest BCUT2D eigenvalue weighted by Gasteiger charge is -2.02. The molecule has 0 aliphatic carbocycles. The minimum absolute atomic E-state index is 0.138. The maximum absolute atomic E-state index is 11.2. The number of fused-ring (bicyclic) bond motifs is 1. The summed E-state index contributed by atoms with van der Waals surface area (Å²) in [5, 5.41) is 11.1. The van der Waals surface area contributed by atoms with Crippen LogP contribution in [0.4, 0.5) is 5.69 Å². The van der Waals surface area contributed by atoms with Gasteiger partial charge in [-0.3, -0.25) is 15.1 Å². The standard InChI is InChI=1S/C9H5ClN2O4S/c10-17(15,16)8-4-3-7-6(2-1-5-11-7)9(8)12(13)14/h1-5H. The molecule has 0 aliphatic rings. The Kier molecular flexibility index (Phi) is 2.72. The van der Waals surface area contributed by atoms with Gasteiger partial charge in [-0.05, 0) is 24.3 Å². The molecule has 0 radical (unpaired) electrons. The van der Waals surface area contributed by atoms with E-state index in [1.165, 1.54) is 24.4 Å². The zero-order valence-electron chi connectivity index (χ0n) is 8.20. The van der Waals surface area contributed by atoms with Crippen LogP contribution in [0.1, 0.15) is 0 Å². The third kappa shape index (κ3) is 2.06. The normalized spacial score (nSPS) is 11.6. The molecule has 0 saturated carbocycles. The molecule has 6 nitrogen and oxygen atoms in total. The highest BCUT2D eigenvalue weighted by Crippen LogP contribution is 2.33. The molecule has 17 heavy (non-hydrogen) atoms. The van der Waals surface area contributed by atoms with Crippen molar-refractivity contribution in [2.24, 2.45) is 0 Å². The van der Waals surface area contributed by atoms with E-state index < -0.39 is 24.6 Å². The van der Waals surface area contributed by atoms with Gasteiger partial charge in [-0.1, -0.05) is 0 Å². The molecule has 0 fully saturated rings. The second-order valence-electron chi connectivity index (χ2n) is 3.18. The van der Waals surface area contributed by atoms with Crippen LogP contribution in [0.5, 0.6) is 0 Å². The first-order chi connectivity index (χ1) is 7.91. The summed E-state index contributed by atoms with van der Waals surface area (Å²) in [5.74, 6) is 0. The fourth-order valence-electron chi connectivity index (χ4n) is 1.50. The molecule has 0 amide bonds. The van der Waals surface area contributed by atoms with E-state index in [0.717, 1.165) is 6.07 Å². The third-order valence-electron chi connectivity index (χ3n) is 2.16. The fraction of sp³-hybridized carbons (Fsp3) is 0. The van der Waals surface area contributed by atoms with Gasteiger partial charge >= 0.3 is 0 Å². The highest BCUT2D eigenvalue weighted by atomic mass is 35.7. The number of nitro benzene ring substituents is 1. The summed E-state index contributed by atoms with van der Waals surface area (Å²) in [4.78, 5) is 13.5. The van der Waals surface area contributed by atoms with Crippen LogP contribution in [-0.4, -0.2) is 18.3 Å². The molecular formula is C9H5ClN2O4S. The zero-order valence-corrected chi connectivity index (χ0v) is 9.77. The molecule has 8 heteroatoms. The van der Waals surface area contributed by atoms with Crippen molar-refractivity contribution in [1.29, 1.82) is 0 Å². The first kappa shape index (κ1) is 11.7. The number of aromatic nitrogens is 1. The van der Waals surface area contributed by atoms with Crippen molar-refractivity contribution in [2.45, 2.75) is 4.90 Å². The quantitative estimate of drug-likeness (QED) is 0.474. The van der Waals surface area contributed by atoms with E-state index in [4.69, 9.17) is 10.7 Å². The monoisotopic (exact) mass is 272 g/mol. The van der Waals surface area contributed by atoms with Gasteiger partial charge in [-0.15, -0.1) is 0 Å². The number of hydrogen-bond acceptors (Lipinski definition) is 5. The Bertz CT molecular complexity index is 714. The Balaban J connectivity index is 2.98. The predicted octanol–water partition coefficient (Wildman–Crippen LogP) is 2.07. The van der Waals surface area contributed by atoms with Crippen LogP contribution in [0.2, 0.25) is 0 Å². The molecule has 1 aromatic heterocycles. The lowest BCUT2D eigenvalue weighted by atomic mass is 10.2. The van der Waals surface area contributed by atoms with Gasteiger partial charge in [0.25, 0.3) is 14.7 Å². The van der Waals surface area contributed by atoms with Crippen LogP contribution in [-0.2, 0) is 9.05 Å². The molecule has 0 saturated heterocycles. The summed E-state index contributed by atoms with van der Waals surface area (Å²) >= 11 is 0. The van der Waals surface area contributed by atoms with Crippen molar-refractivity contribution in [1.82, 2.24) is 4.98 Å². The number of rotatable bonds is 2. The topological polar surface area (TPSA) is 90.2 Å². The second-order valence-corrected chi connectivity index (χ2v) is 5.71. The summed E-state index contributed by atoms with van der Waals surface area (Å²) < 4.78 is 22.5. The summed E-state index contributed by atoms with van der Waals surface area (Å²) in [6, 6.07) is 5.36. The predicted molar refractivity (Wildman–Crippen MR) is 61.4 cm³/mol. The minimum Gasteiger partial charge on any atom is -0.258 e. The molecular weight excluding hydrogens is 268 g/mol. The highest BCUT2D eigenvalue weighted by molar-refractivity contribution is 8.13. The summed E-state index contributed by atoms with van der Waals surface area (Å²) in [6.07, 6.45) is 1.46. The number of pyridine rings is 1. The SMILES string of the molecule is O=[N+]([O-])c1c(S(=O)(=O)Cl)ccc2ncccc12. The molecule has 0 spiro atoms. The Morgan fingerprint density at radius 1 is 1.29 bits per heavy atom. The van der Waals surface area contributed by atoms with Crippen LogP contribution in [0.3, 0.4) is 0 Å². The van der Waals surface area contributed by atoms with E-state index in [9.17, 15) is 18.5 Å². The first-order valence-electron chi connectivity index (χ1n) is 4.38. The molecule has 0 bridgehead atoms. The van der Waals surface area contributed by atoms with E-state index in [-0.39, 0.29) is 5.39 Å². The molecule has 1 heterocycles. The van der Waals surface area contributed by atoms with Crippen LogP contribution < -0.4 is 0 Å². The van der Waals surface area contributed by atoms with Crippen LogP contribution in [0, 0.1) is 10.1 Å². The van der Waals surface area contributed by atoms with Gasteiger partial charge in [0.2, 0.25) is 0 Å². The van der Waals surface area contributed by atoms with Gasteiger partial charge in [-0.2, -0.15) is 0 Å². The number of hydrogen-bond donors (Lipinski definition) is 0. The van der Waals surface area contributed by atoms with Gasteiger partial charge in [0.05, 0.1) is 15.8 Å². The Hall–Kier alpha value is -1.73. The Labute approximate surface area is 100 Å². The summed E-state index contributed by atoms with van der Waals surface area (Å²) in [7, 11) is 0.988. The van der Waals surface area contributed by atoms with Crippen LogP contribution in [0.15, 0.2) is 35.4 Å². The van der Waals surface area contributed by atoms with Gasteiger partial charge < -0.3 is 0 Å². The first-order valence-corrected chi connectivity index (χ1v) is 6.69. The largest absolute Gasteiger partial charge is 0.298 e. The van der Waals surface area contributed by atoms with Crippen molar-refractivity contribution >= 4 is 36.3 Å². The van der Waals surface area contributed by atoms with Gasteiger partial charge in [0, 0.05) is 16.9 Å². The average Bonchev–Trinajstić information content (AvgIpc) is 2.26. The molecule has 0 unspecified atom stereocenters. The second kappa shape index (κ2) is 3.94. The van der Waals surface area contributed by atoms with E-state index in [0.29, 0.717) is 5.52 Å². The van der Waals surface area contributed by atoms with Crippen molar-refractivity contribution < 1.29 is 13.3 Å². The molecule has 2 rings (SSSR count). The molecule has 0 N–H and O–H groups in total. The number of halogens is 1. The molecule has 1 aromatic carbocycles. The molecule has 88 valence electrons. The van der Waals surface area contributed by atoms with E-state index in [1.54, 1.807) is 0 Å². The molecule has 0 atom stereocenters. The van der Waals surface area contributed by atoms with Crippen molar-refractivity contribution in [3.05, 3.63) is 40.6 Å². The van der Waals surface area contributed by atoms with Crippen molar-refractivity contribution in [3.8, 4) is 0 Å². The van der Waals surface area contributed by atoms with Gasteiger partial charge in [0.15, 0.2) is 4.90 Å². The van der Waals surface area contributed by atoms with Crippen molar-refractivity contribution in [3.63, 3.8) is 0 Å². The fourth-order valence-corrected chi connectivity index (χ4v) is 2.52. The highest BCUT2D eigenvalue weighted by Gasteiger charge is 2.26. The lowest BCUT2D eigenvalue weighted by Crippen LogP contribution is -2.00. The number of nitrogens with zero attached hydrogens (tertiary/aromatic N) is 2. The molecule has 0 aliphatic heterocycles. The maximum atomic E-state index is 11.2. The van der Waals surface area contributed by atoms with Gasteiger partial charge in [-0.25, -0.2) is 8.42 Å². The summed E-state index contributed by atoms with van der Waals surface area (Å²) in [6.45, 7) is 0. The minimum atomic E-state index is -4.17. The molecule has 2 aromatic rings. The Morgan fingerprint density at radius 3 is 2.59 bits per heavy atom. The van der Waals surface area contributed by atoms with Crippen LogP contribution in [0.25, 0.3) is 10.9 Å². The van der Waals surface area contributed by atoms with Crippen molar-refractivity contribution in [2.75, 3.05) is 0 Å². The summed E-state index contributed by atoms with van der Waals surface area (Å²) in [5.41, 5.74) is -0.214. The third-order valence-corrected chi connectivity index (χ3v) is 3.52. The zero-order chi connectivity index (χ0) is 12.6.